The van der Waals surface area contributed by atoms with Crippen LogP contribution in [0.15, 0.2) is 82.8 Å². The molecule has 0 saturated heterocycles. The first-order chi connectivity index (χ1) is 35.7. The first-order valence-electron chi connectivity index (χ1n) is 31.8. The average molecular weight is 986 g/mol. The summed E-state index contributed by atoms with van der Waals surface area (Å²) in [4.78, 5) is 11.0. The molecule has 2 aromatic rings. The number of hydrogen-bond donors (Lipinski definition) is 0. The van der Waals surface area contributed by atoms with Crippen molar-refractivity contribution in [3.05, 3.63) is 84.0 Å². The van der Waals surface area contributed by atoms with Gasteiger partial charge in [-0.15, -0.1) is 0 Å². The lowest BCUT2D eigenvalue weighted by molar-refractivity contribution is 0.530. The monoisotopic (exact) mass is 985 g/mol. The molecule has 0 bridgehead atoms. The summed E-state index contributed by atoms with van der Waals surface area (Å²) in [7, 11) is 0. The van der Waals surface area contributed by atoms with Crippen molar-refractivity contribution in [2.24, 2.45) is 9.98 Å². The molecule has 0 amide bonds. The third-order valence-corrected chi connectivity index (χ3v) is 14.8. The Hall–Kier alpha value is -3.18. The van der Waals surface area contributed by atoms with Crippen LogP contribution < -0.4 is 0 Å². The van der Waals surface area contributed by atoms with Gasteiger partial charge in [-0.05, 0) is 113 Å². The summed E-state index contributed by atoms with van der Waals surface area (Å²) in [6.45, 7) is 9.20. The third-order valence-electron chi connectivity index (χ3n) is 14.8. The van der Waals surface area contributed by atoms with Gasteiger partial charge < -0.3 is 0 Å². The molecule has 0 saturated carbocycles. The van der Waals surface area contributed by atoms with Gasteiger partial charge in [0.05, 0.1) is 17.1 Å². The lowest BCUT2D eigenvalue weighted by atomic mass is 10.0. The fourth-order valence-electron chi connectivity index (χ4n) is 10.0. The van der Waals surface area contributed by atoms with Crippen LogP contribution in [0.4, 0.5) is 11.4 Å². The molecule has 0 aliphatic rings. The molecule has 0 aliphatic carbocycles. The number of rotatable bonds is 50. The van der Waals surface area contributed by atoms with E-state index in [1.54, 1.807) is 0 Å². The molecule has 0 N–H and O–H groups in total. The molecular formula is C70H116N2. The van der Waals surface area contributed by atoms with Gasteiger partial charge in [0.15, 0.2) is 0 Å². The van der Waals surface area contributed by atoms with Crippen LogP contribution in [0.25, 0.3) is 0 Å². The Kier molecular flexibility index (Phi) is 46.3. The third kappa shape index (κ3) is 38.4. The highest BCUT2D eigenvalue weighted by Crippen LogP contribution is 2.26. The minimum Gasteiger partial charge on any atom is -0.250 e. The van der Waals surface area contributed by atoms with Crippen molar-refractivity contribution in [1.82, 2.24) is 0 Å². The maximum Gasteiger partial charge on any atom is 0.135 e. The summed E-state index contributed by atoms with van der Waals surface area (Å²) >= 11 is 0. The van der Waals surface area contributed by atoms with Crippen LogP contribution >= 0.6 is 0 Å². The van der Waals surface area contributed by atoms with E-state index in [4.69, 9.17) is 9.98 Å². The lowest BCUT2D eigenvalue weighted by Gasteiger charge is -2.11. The molecule has 406 valence electrons. The van der Waals surface area contributed by atoms with Gasteiger partial charge in [0.1, 0.15) is 5.71 Å². The molecule has 72 heavy (non-hydrogen) atoms. The van der Waals surface area contributed by atoms with E-state index in [1.165, 1.54) is 242 Å². The molecule has 0 aliphatic heterocycles. The van der Waals surface area contributed by atoms with Gasteiger partial charge in [-0.25, -0.2) is 4.99 Å². The van der Waals surface area contributed by atoms with Crippen molar-refractivity contribution < 1.29 is 0 Å². The highest BCUT2D eigenvalue weighted by Gasteiger charge is 2.12. The van der Waals surface area contributed by atoms with E-state index >= 15 is 0 Å². The van der Waals surface area contributed by atoms with E-state index < -0.39 is 0 Å². The van der Waals surface area contributed by atoms with Gasteiger partial charge in [-0.3, -0.25) is 4.99 Å². The molecule has 0 atom stereocenters. The number of aryl methyl sites for hydroxylation is 2. The Morgan fingerprint density at radius 1 is 0.347 bits per heavy atom. The second kappa shape index (κ2) is 51.3. The second-order valence-corrected chi connectivity index (χ2v) is 21.7. The predicted octanol–water partition coefficient (Wildman–Crippen LogP) is 24.0. The molecule has 2 aromatic carbocycles. The number of aliphatic imine (C=N–C) groups is 2. The van der Waals surface area contributed by atoms with Crippen molar-refractivity contribution in [2.45, 2.75) is 323 Å². The molecule has 0 aromatic heterocycles. The van der Waals surface area contributed by atoms with E-state index in [2.05, 4.69) is 112 Å². The van der Waals surface area contributed by atoms with Crippen LogP contribution in [0.1, 0.15) is 321 Å². The molecule has 2 rings (SSSR count). The van der Waals surface area contributed by atoms with Crippen molar-refractivity contribution in [2.75, 3.05) is 0 Å². The number of unbranched alkanes of at least 4 members (excludes halogenated alkanes) is 37. The fraction of sp³-hybridized carbons (Fsp3) is 0.714. The van der Waals surface area contributed by atoms with Gasteiger partial charge >= 0.3 is 0 Å². The topological polar surface area (TPSA) is 24.7 Å². The van der Waals surface area contributed by atoms with Crippen molar-refractivity contribution in [1.29, 1.82) is 0 Å². The fourth-order valence-corrected chi connectivity index (χ4v) is 10.0. The molecule has 0 spiro atoms. The van der Waals surface area contributed by atoms with E-state index in [1.807, 2.05) is 0 Å². The van der Waals surface area contributed by atoms with Gasteiger partial charge in [0, 0.05) is 6.42 Å². The van der Waals surface area contributed by atoms with E-state index in [9.17, 15) is 0 Å². The van der Waals surface area contributed by atoms with Crippen LogP contribution in [-0.4, -0.2) is 11.4 Å². The number of nitrogens with zero attached hydrogens (tertiary/aromatic N) is 2. The Labute approximate surface area is 449 Å². The maximum atomic E-state index is 5.50. The molecule has 0 unspecified atom stereocenters. The summed E-state index contributed by atoms with van der Waals surface area (Å²) in [5.41, 5.74) is 6.75. The minimum atomic E-state index is 0.877. The van der Waals surface area contributed by atoms with Crippen LogP contribution in [0.3, 0.4) is 0 Å². The summed E-state index contributed by atoms with van der Waals surface area (Å²) < 4.78 is 0. The average Bonchev–Trinajstić information content (AvgIpc) is 3.40. The van der Waals surface area contributed by atoms with Crippen molar-refractivity contribution in [3.8, 4) is 11.8 Å². The summed E-state index contributed by atoms with van der Waals surface area (Å²) in [6, 6.07) is 17.7. The van der Waals surface area contributed by atoms with Gasteiger partial charge in [0.2, 0.25) is 0 Å². The van der Waals surface area contributed by atoms with Crippen LogP contribution in [0.5, 0.6) is 0 Å². The molecule has 2 heteroatoms. The molecule has 0 fully saturated rings. The lowest BCUT2D eigenvalue weighted by Crippen LogP contribution is -2.13. The maximum absolute atomic E-state index is 5.50. The SMILES string of the molecule is CCCCCCCCCCCC=CCCCc1ccccc1N=C(C#CCCCCCCCCCCCCCCCCCC)C(CCCC)=Nc1ccccc1CCCC=CCCCCCCCCCCC. The molecule has 0 radical (unpaired) electrons. The second-order valence-electron chi connectivity index (χ2n) is 21.7. The zero-order chi connectivity index (χ0) is 51.3. The Morgan fingerprint density at radius 3 is 1.06 bits per heavy atom. The molecule has 2 nitrogen and oxygen atoms in total. The zero-order valence-electron chi connectivity index (χ0n) is 48.3. The standard InChI is InChI=1S/C70H116N2/c1-5-9-13-16-19-22-25-28-31-32-33-34-37-40-43-46-49-52-64-70(72-68-63-56-54-60-66(68)58-51-48-45-42-39-36-30-27-24-21-18-15-11-7-3)69(61-12-8-4)71-67-62-55-53-59-65(67)57-50-47-44-41-38-35-29-26-23-20-17-14-10-6-2/h41-42,44-45,53-56,59-60,62-63H,5-40,43,46-51,57-58,61H2,1-4H3. The summed E-state index contributed by atoms with van der Waals surface area (Å²) in [5, 5.41) is 0. The van der Waals surface area contributed by atoms with Gasteiger partial charge in [0.25, 0.3) is 0 Å². The van der Waals surface area contributed by atoms with Crippen LogP contribution in [0, 0.1) is 11.8 Å². The number of para-hydroxylation sites is 2. The Morgan fingerprint density at radius 2 is 0.667 bits per heavy atom. The number of benzene rings is 2. The largest absolute Gasteiger partial charge is 0.250 e. The highest BCUT2D eigenvalue weighted by atomic mass is 14.8. The van der Waals surface area contributed by atoms with E-state index in [-0.39, 0.29) is 0 Å². The first-order valence-corrected chi connectivity index (χ1v) is 31.8. The van der Waals surface area contributed by atoms with Gasteiger partial charge in [-0.2, -0.15) is 0 Å². The van der Waals surface area contributed by atoms with Crippen molar-refractivity contribution >= 4 is 22.8 Å². The van der Waals surface area contributed by atoms with Crippen LogP contribution in [-0.2, 0) is 12.8 Å². The number of allylic oxidation sites excluding steroid dienone is 4. The highest BCUT2D eigenvalue weighted by molar-refractivity contribution is 6.49. The van der Waals surface area contributed by atoms with E-state index in [0.717, 1.165) is 87.0 Å². The van der Waals surface area contributed by atoms with Crippen molar-refractivity contribution in [3.63, 3.8) is 0 Å². The summed E-state index contributed by atoms with van der Waals surface area (Å²) in [5.74, 6) is 7.30. The van der Waals surface area contributed by atoms with Crippen LogP contribution in [0.2, 0.25) is 0 Å². The summed E-state index contributed by atoms with van der Waals surface area (Å²) in [6.07, 6.45) is 70.1. The molecule has 0 heterocycles. The Bertz CT molecular complexity index is 1680. The quantitative estimate of drug-likeness (QED) is 0.0273. The number of hydrogen-bond acceptors (Lipinski definition) is 2. The predicted molar refractivity (Wildman–Crippen MR) is 326 cm³/mol. The molecular weight excluding hydrogens is 869 g/mol. The normalized spacial score (nSPS) is 12.2. The minimum absolute atomic E-state index is 0.877. The van der Waals surface area contributed by atoms with Gasteiger partial charge in [-0.1, -0.05) is 300 Å². The Balaban J connectivity index is 2.05. The smallest absolute Gasteiger partial charge is 0.135 e. The first kappa shape index (κ1) is 64.9. The zero-order valence-corrected chi connectivity index (χ0v) is 48.3. The van der Waals surface area contributed by atoms with E-state index in [0.29, 0.717) is 0 Å².